The Hall–Kier alpha value is -1.19. The Morgan fingerprint density at radius 3 is 2.75 bits per heavy atom. The molecular weight excluding hydrogens is 288 g/mol. The van der Waals surface area contributed by atoms with E-state index in [9.17, 15) is 18.0 Å². The Bertz CT molecular complexity index is 450. The van der Waals surface area contributed by atoms with E-state index in [1.807, 2.05) is 0 Å². The van der Waals surface area contributed by atoms with Crippen LogP contribution in [0, 0.1) is 0 Å². The van der Waals surface area contributed by atoms with E-state index in [1.54, 1.807) is 6.92 Å². The first-order valence-corrected chi connectivity index (χ1v) is 7.97. The largest absolute Gasteiger partial charge is 0.481 e. The highest BCUT2D eigenvalue weighted by molar-refractivity contribution is 7.87. The molecule has 1 aliphatic heterocycles. The van der Waals surface area contributed by atoms with E-state index in [2.05, 4.69) is 4.72 Å². The molecule has 1 unspecified atom stereocenters. The Kier molecular flexibility index (Phi) is 6.37. The summed E-state index contributed by atoms with van der Waals surface area (Å²) in [5, 5.41) is 8.48. The maximum absolute atomic E-state index is 12.1. The number of carboxylic acids is 1. The number of carboxylic acid groups (broad SMARTS) is 1. The fourth-order valence-electron chi connectivity index (χ4n) is 2.03. The van der Waals surface area contributed by atoms with Crippen molar-refractivity contribution in [3.05, 3.63) is 0 Å². The number of esters is 1. The van der Waals surface area contributed by atoms with Crippen molar-refractivity contribution in [2.75, 3.05) is 19.7 Å². The van der Waals surface area contributed by atoms with Crippen LogP contribution in [-0.4, -0.2) is 55.5 Å². The third kappa shape index (κ3) is 4.73. The Morgan fingerprint density at radius 1 is 1.45 bits per heavy atom. The van der Waals surface area contributed by atoms with Crippen molar-refractivity contribution in [3.8, 4) is 0 Å². The number of carbonyl (C=O) groups excluding carboxylic acids is 1. The van der Waals surface area contributed by atoms with Crippen LogP contribution in [-0.2, 0) is 24.5 Å². The molecule has 0 amide bonds. The summed E-state index contributed by atoms with van der Waals surface area (Å²) in [6, 6.07) is -0.785. The van der Waals surface area contributed by atoms with Gasteiger partial charge < -0.3 is 9.84 Å². The van der Waals surface area contributed by atoms with Crippen molar-refractivity contribution in [1.82, 2.24) is 9.03 Å². The van der Waals surface area contributed by atoms with E-state index >= 15 is 0 Å². The fourth-order valence-corrected chi connectivity index (χ4v) is 3.49. The predicted molar refractivity (Wildman–Crippen MR) is 70.2 cm³/mol. The van der Waals surface area contributed by atoms with Gasteiger partial charge in [0.15, 0.2) is 0 Å². The van der Waals surface area contributed by atoms with Crippen LogP contribution in [0.25, 0.3) is 0 Å². The summed E-state index contributed by atoms with van der Waals surface area (Å²) >= 11 is 0. The fraction of sp³-hybridized carbons (Fsp3) is 0.818. The highest BCUT2D eigenvalue weighted by Crippen LogP contribution is 2.21. The molecule has 0 aromatic heterocycles. The zero-order valence-electron chi connectivity index (χ0n) is 11.4. The topological polar surface area (TPSA) is 113 Å². The van der Waals surface area contributed by atoms with E-state index in [4.69, 9.17) is 9.84 Å². The minimum Gasteiger partial charge on any atom is -0.481 e. The van der Waals surface area contributed by atoms with Crippen molar-refractivity contribution in [3.63, 3.8) is 0 Å². The maximum atomic E-state index is 12.1. The van der Waals surface area contributed by atoms with Gasteiger partial charge in [0, 0.05) is 19.5 Å². The Labute approximate surface area is 118 Å². The molecule has 8 nitrogen and oxygen atoms in total. The summed E-state index contributed by atoms with van der Waals surface area (Å²) < 4.78 is 32.4. The number of nitrogens with zero attached hydrogens (tertiary/aromatic N) is 1. The molecule has 20 heavy (non-hydrogen) atoms. The average Bonchev–Trinajstić information content (AvgIpc) is 2.85. The number of hydrogen-bond donors (Lipinski definition) is 2. The summed E-state index contributed by atoms with van der Waals surface area (Å²) in [5.74, 6) is -1.52. The van der Waals surface area contributed by atoms with Gasteiger partial charge in [0.1, 0.15) is 6.04 Å². The van der Waals surface area contributed by atoms with Gasteiger partial charge in [-0.2, -0.15) is 12.7 Å². The number of rotatable bonds is 8. The lowest BCUT2D eigenvalue weighted by Crippen LogP contribution is -2.47. The SMILES string of the molecule is CCOC(=O)C1CCCN1S(=O)(=O)NCCCC(=O)O. The van der Waals surface area contributed by atoms with E-state index in [0.717, 1.165) is 4.31 Å². The van der Waals surface area contributed by atoms with Crippen LogP contribution in [0.3, 0.4) is 0 Å². The Balaban J connectivity index is 2.56. The lowest BCUT2D eigenvalue weighted by molar-refractivity contribution is -0.147. The minimum atomic E-state index is -3.78. The van der Waals surface area contributed by atoms with Gasteiger partial charge in [0.05, 0.1) is 6.61 Å². The quantitative estimate of drug-likeness (QED) is 0.471. The second-order valence-corrected chi connectivity index (χ2v) is 6.13. The van der Waals surface area contributed by atoms with Crippen molar-refractivity contribution in [2.24, 2.45) is 0 Å². The molecule has 0 saturated carbocycles. The summed E-state index contributed by atoms with van der Waals surface area (Å²) in [6.45, 7) is 2.16. The van der Waals surface area contributed by atoms with E-state index in [-0.39, 0.29) is 32.5 Å². The van der Waals surface area contributed by atoms with Gasteiger partial charge in [-0.15, -0.1) is 0 Å². The monoisotopic (exact) mass is 308 g/mol. The molecule has 0 aromatic carbocycles. The molecule has 1 saturated heterocycles. The Morgan fingerprint density at radius 2 is 2.15 bits per heavy atom. The zero-order valence-corrected chi connectivity index (χ0v) is 12.2. The van der Waals surface area contributed by atoms with Crippen LogP contribution in [0.1, 0.15) is 32.6 Å². The third-order valence-corrected chi connectivity index (χ3v) is 4.55. The summed E-state index contributed by atoms with van der Waals surface area (Å²) in [7, 11) is -3.78. The highest BCUT2D eigenvalue weighted by Gasteiger charge is 2.39. The normalized spacial score (nSPS) is 19.9. The number of ether oxygens (including phenoxy) is 1. The van der Waals surface area contributed by atoms with E-state index in [1.165, 1.54) is 0 Å². The van der Waals surface area contributed by atoms with Crippen LogP contribution in [0.4, 0.5) is 0 Å². The van der Waals surface area contributed by atoms with Crippen LogP contribution in [0.5, 0.6) is 0 Å². The van der Waals surface area contributed by atoms with E-state index in [0.29, 0.717) is 12.8 Å². The molecule has 9 heteroatoms. The van der Waals surface area contributed by atoms with Crippen LogP contribution < -0.4 is 4.72 Å². The lowest BCUT2D eigenvalue weighted by atomic mass is 10.2. The minimum absolute atomic E-state index is 0.0285. The molecule has 1 aliphatic rings. The lowest BCUT2D eigenvalue weighted by Gasteiger charge is -2.22. The van der Waals surface area contributed by atoms with Gasteiger partial charge in [-0.3, -0.25) is 9.59 Å². The number of aliphatic carboxylic acids is 1. The molecule has 1 rings (SSSR count). The molecule has 0 spiro atoms. The summed E-state index contributed by atoms with van der Waals surface area (Å²) in [6.07, 6.45) is 1.13. The number of nitrogens with one attached hydrogen (secondary N) is 1. The average molecular weight is 308 g/mol. The molecule has 0 aromatic rings. The van der Waals surface area contributed by atoms with Gasteiger partial charge >= 0.3 is 11.9 Å². The maximum Gasteiger partial charge on any atom is 0.324 e. The smallest absolute Gasteiger partial charge is 0.324 e. The van der Waals surface area contributed by atoms with Crippen molar-refractivity contribution < 1.29 is 27.9 Å². The molecule has 2 N–H and O–H groups in total. The van der Waals surface area contributed by atoms with Gasteiger partial charge in [0.2, 0.25) is 0 Å². The molecule has 0 aliphatic carbocycles. The first-order chi connectivity index (χ1) is 9.38. The van der Waals surface area contributed by atoms with Gasteiger partial charge in [-0.1, -0.05) is 0 Å². The van der Waals surface area contributed by atoms with Gasteiger partial charge in [-0.05, 0) is 26.2 Å². The molecule has 1 atom stereocenters. The zero-order chi connectivity index (χ0) is 15.2. The second kappa shape index (κ2) is 7.55. The standard InChI is InChI=1S/C11H20N2O6S/c1-2-19-11(16)9-5-4-8-13(9)20(17,18)12-7-3-6-10(14)15/h9,12H,2-8H2,1H3,(H,14,15). The first-order valence-electron chi connectivity index (χ1n) is 6.53. The highest BCUT2D eigenvalue weighted by atomic mass is 32.2. The second-order valence-electron chi connectivity index (χ2n) is 4.42. The molecular formula is C11H20N2O6S. The molecule has 0 bridgehead atoms. The molecule has 116 valence electrons. The van der Waals surface area contributed by atoms with Gasteiger partial charge in [0.25, 0.3) is 10.2 Å². The van der Waals surface area contributed by atoms with Crippen LogP contribution in [0.15, 0.2) is 0 Å². The van der Waals surface area contributed by atoms with Crippen molar-refractivity contribution >= 4 is 22.1 Å². The van der Waals surface area contributed by atoms with Crippen LogP contribution >= 0.6 is 0 Å². The third-order valence-electron chi connectivity index (χ3n) is 2.92. The molecule has 0 radical (unpaired) electrons. The van der Waals surface area contributed by atoms with Crippen molar-refractivity contribution in [1.29, 1.82) is 0 Å². The summed E-state index contributed by atoms with van der Waals surface area (Å²) in [5.41, 5.74) is 0. The van der Waals surface area contributed by atoms with E-state index < -0.39 is 28.2 Å². The summed E-state index contributed by atoms with van der Waals surface area (Å²) in [4.78, 5) is 22.0. The first kappa shape index (κ1) is 16.9. The van der Waals surface area contributed by atoms with Crippen LogP contribution in [0.2, 0.25) is 0 Å². The number of carbonyl (C=O) groups is 2. The molecule has 1 fully saturated rings. The number of hydrogen-bond acceptors (Lipinski definition) is 5. The predicted octanol–water partition coefficient (Wildman–Crippen LogP) is -0.287. The van der Waals surface area contributed by atoms with Crippen molar-refractivity contribution in [2.45, 2.75) is 38.6 Å². The van der Waals surface area contributed by atoms with Gasteiger partial charge in [-0.25, -0.2) is 4.72 Å². The molecule has 1 heterocycles.